The zero-order valence-electron chi connectivity index (χ0n) is 15.1. The molecule has 0 bridgehead atoms. The van der Waals surface area contributed by atoms with Gasteiger partial charge in [-0.1, -0.05) is 11.8 Å². The number of aliphatic hydroxyl groups is 1. The van der Waals surface area contributed by atoms with Crippen molar-refractivity contribution in [1.29, 1.82) is 0 Å². The summed E-state index contributed by atoms with van der Waals surface area (Å²) in [5.74, 6) is 4.43. The van der Waals surface area contributed by atoms with Gasteiger partial charge < -0.3 is 20.7 Å². The van der Waals surface area contributed by atoms with Crippen molar-refractivity contribution in [2.45, 2.75) is 18.9 Å². The van der Waals surface area contributed by atoms with Gasteiger partial charge in [-0.05, 0) is 37.7 Å². The van der Waals surface area contributed by atoms with Gasteiger partial charge >= 0.3 is 0 Å². The third-order valence-corrected chi connectivity index (χ3v) is 4.88. The van der Waals surface area contributed by atoms with E-state index in [9.17, 15) is 19.1 Å². The number of rotatable bonds is 2. The Bertz CT molecular complexity index is 1080. The predicted molar refractivity (Wildman–Crippen MR) is 103 cm³/mol. The lowest BCUT2D eigenvalue weighted by Crippen LogP contribution is -2.29. The van der Waals surface area contributed by atoms with E-state index in [0.717, 1.165) is 0 Å². The molecule has 6 nitrogen and oxygen atoms in total. The second-order valence-corrected chi connectivity index (χ2v) is 6.97. The molecule has 0 saturated carbocycles. The SMILES string of the molecule is CC(=O)c1c[nH]c(C=C2C(=O)Nc3ccc(F)c(C#CC4(O)CCNC4)c32)c1. The molecule has 1 amide bonds. The molecule has 142 valence electrons. The number of nitrogens with one attached hydrogen (secondary N) is 3. The number of carbonyl (C=O) groups is 2. The summed E-state index contributed by atoms with van der Waals surface area (Å²) in [5, 5.41) is 16.1. The van der Waals surface area contributed by atoms with Gasteiger partial charge in [0, 0.05) is 36.0 Å². The number of ketones is 1. The Morgan fingerprint density at radius 3 is 2.89 bits per heavy atom. The van der Waals surface area contributed by atoms with Crippen molar-refractivity contribution >= 4 is 29.0 Å². The Morgan fingerprint density at radius 1 is 1.39 bits per heavy atom. The maximum absolute atomic E-state index is 14.6. The number of anilines is 1. The standard InChI is InChI=1S/C21H18FN3O3/c1-12(26)13-8-14(24-10-13)9-16-19-15(4-5-21(28)6-7-23-11-21)17(22)2-3-18(19)25-20(16)27/h2-3,8-10,23-24,28H,6-7,11H2,1H3,(H,25,27). The van der Waals surface area contributed by atoms with E-state index in [1.165, 1.54) is 19.1 Å². The molecule has 2 aromatic rings. The van der Waals surface area contributed by atoms with Crippen molar-refractivity contribution in [3.05, 3.63) is 52.6 Å². The largest absolute Gasteiger partial charge is 0.376 e. The lowest BCUT2D eigenvalue weighted by atomic mass is 9.97. The summed E-state index contributed by atoms with van der Waals surface area (Å²) in [6, 6.07) is 4.35. The molecule has 4 N–H and O–H groups in total. The van der Waals surface area contributed by atoms with Gasteiger partial charge in [0.25, 0.3) is 5.91 Å². The number of H-pyrrole nitrogens is 1. The van der Waals surface area contributed by atoms with E-state index < -0.39 is 11.4 Å². The molecule has 4 rings (SSSR count). The molecule has 1 saturated heterocycles. The highest BCUT2D eigenvalue weighted by Crippen LogP contribution is 2.36. The van der Waals surface area contributed by atoms with Gasteiger partial charge in [-0.15, -0.1) is 0 Å². The number of halogens is 1. The van der Waals surface area contributed by atoms with E-state index in [1.807, 2.05) is 0 Å². The second-order valence-electron chi connectivity index (χ2n) is 6.97. The van der Waals surface area contributed by atoms with Crippen LogP contribution in [0.2, 0.25) is 0 Å². The summed E-state index contributed by atoms with van der Waals surface area (Å²) in [6.45, 7) is 2.40. The number of amides is 1. The van der Waals surface area contributed by atoms with Crippen molar-refractivity contribution in [3.8, 4) is 11.8 Å². The van der Waals surface area contributed by atoms with E-state index in [0.29, 0.717) is 42.0 Å². The Kier molecular flexibility index (Phi) is 4.38. The summed E-state index contributed by atoms with van der Waals surface area (Å²) in [5.41, 5.74) is 0.923. The zero-order valence-corrected chi connectivity index (χ0v) is 15.1. The first-order valence-electron chi connectivity index (χ1n) is 8.88. The van der Waals surface area contributed by atoms with Crippen LogP contribution in [0.5, 0.6) is 0 Å². The molecular formula is C21H18FN3O3. The fraction of sp³-hybridized carbons (Fsp3) is 0.238. The van der Waals surface area contributed by atoms with E-state index in [4.69, 9.17) is 0 Å². The van der Waals surface area contributed by atoms with E-state index in [1.54, 1.807) is 18.3 Å². The molecule has 0 radical (unpaired) electrons. The van der Waals surface area contributed by atoms with Crippen LogP contribution in [-0.2, 0) is 4.79 Å². The van der Waals surface area contributed by atoms with Gasteiger partial charge in [0.1, 0.15) is 11.4 Å². The minimum absolute atomic E-state index is 0.0563. The number of benzene rings is 1. The Morgan fingerprint density at radius 2 is 2.21 bits per heavy atom. The maximum atomic E-state index is 14.6. The number of hydrogen-bond acceptors (Lipinski definition) is 4. The van der Waals surface area contributed by atoms with Gasteiger partial charge in [-0.3, -0.25) is 9.59 Å². The summed E-state index contributed by atoms with van der Waals surface area (Å²) in [7, 11) is 0. The van der Waals surface area contributed by atoms with Crippen LogP contribution in [-0.4, -0.2) is 40.5 Å². The van der Waals surface area contributed by atoms with E-state index in [-0.39, 0.29) is 22.8 Å². The average molecular weight is 379 g/mol. The molecular weight excluding hydrogens is 361 g/mol. The number of carbonyl (C=O) groups excluding carboxylic acids is 2. The van der Waals surface area contributed by atoms with Crippen LogP contribution in [0.3, 0.4) is 0 Å². The van der Waals surface area contributed by atoms with Crippen molar-refractivity contribution in [1.82, 2.24) is 10.3 Å². The van der Waals surface area contributed by atoms with E-state index >= 15 is 0 Å². The van der Waals surface area contributed by atoms with Crippen molar-refractivity contribution in [3.63, 3.8) is 0 Å². The molecule has 1 unspecified atom stereocenters. The molecule has 1 aromatic carbocycles. The molecule has 28 heavy (non-hydrogen) atoms. The molecule has 3 heterocycles. The lowest BCUT2D eigenvalue weighted by molar-refractivity contribution is -0.110. The highest BCUT2D eigenvalue weighted by molar-refractivity contribution is 6.35. The molecule has 1 aromatic heterocycles. The van der Waals surface area contributed by atoms with Crippen LogP contribution < -0.4 is 10.6 Å². The fourth-order valence-corrected chi connectivity index (χ4v) is 3.34. The first kappa shape index (κ1) is 18.2. The molecule has 2 aliphatic heterocycles. The highest BCUT2D eigenvalue weighted by Gasteiger charge is 2.31. The topological polar surface area (TPSA) is 94.2 Å². The van der Waals surface area contributed by atoms with Gasteiger partial charge in [-0.2, -0.15) is 0 Å². The van der Waals surface area contributed by atoms with Gasteiger partial charge in [0.2, 0.25) is 0 Å². The van der Waals surface area contributed by atoms with Crippen LogP contribution in [0, 0.1) is 17.7 Å². The second kappa shape index (κ2) is 6.75. The monoisotopic (exact) mass is 379 g/mol. The number of hydrogen-bond donors (Lipinski definition) is 4. The minimum Gasteiger partial charge on any atom is -0.376 e. The van der Waals surface area contributed by atoms with Gasteiger partial charge in [0.05, 0.1) is 16.8 Å². The van der Waals surface area contributed by atoms with Crippen LogP contribution in [0.25, 0.3) is 11.6 Å². The summed E-state index contributed by atoms with van der Waals surface area (Å²) in [4.78, 5) is 26.9. The van der Waals surface area contributed by atoms with Crippen LogP contribution in [0.1, 0.15) is 40.5 Å². The Hall–Kier alpha value is -3.21. The molecule has 1 atom stereocenters. The number of aromatic nitrogens is 1. The number of fused-ring (bicyclic) bond motifs is 1. The third kappa shape index (κ3) is 3.24. The van der Waals surface area contributed by atoms with Crippen molar-refractivity contribution in [2.75, 3.05) is 18.4 Å². The van der Waals surface area contributed by atoms with Gasteiger partial charge in [-0.25, -0.2) is 4.39 Å². The molecule has 2 aliphatic rings. The van der Waals surface area contributed by atoms with Gasteiger partial charge in [0.15, 0.2) is 5.78 Å². The van der Waals surface area contributed by atoms with Crippen molar-refractivity contribution < 1.29 is 19.1 Å². The highest BCUT2D eigenvalue weighted by atomic mass is 19.1. The minimum atomic E-state index is -1.22. The maximum Gasteiger partial charge on any atom is 0.256 e. The third-order valence-electron chi connectivity index (χ3n) is 4.88. The first-order valence-corrected chi connectivity index (χ1v) is 8.88. The lowest BCUT2D eigenvalue weighted by Gasteiger charge is -2.12. The number of β-amino-alcohol motifs (C(OH)–C–C–N with tert-alkyl or cyclic N) is 1. The van der Waals surface area contributed by atoms with Crippen LogP contribution in [0.4, 0.5) is 10.1 Å². The Balaban J connectivity index is 1.81. The van der Waals surface area contributed by atoms with Crippen molar-refractivity contribution in [2.24, 2.45) is 0 Å². The zero-order chi connectivity index (χ0) is 19.9. The fourth-order valence-electron chi connectivity index (χ4n) is 3.34. The van der Waals surface area contributed by atoms with Crippen LogP contribution >= 0.6 is 0 Å². The Labute approximate surface area is 160 Å². The first-order chi connectivity index (χ1) is 13.4. The number of Topliss-reactive ketones (excluding diaryl/α,β-unsaturated/α-hetero) is 1. The van der Waals surface area contributed by atoms with E-state index in [2.05, 4.69) is 27.5 Å². The predicted octanol–water partition coefficient (Wildman–Crippen LogP) is 1.92. The molecule has 7 heteroatoms. The molecule has 0 aliphatic carbocycles. The van der Waals surface area contributed by atoms with Crippen LogP contribution in [0.15, 0.2) is 24.4 Å². The summed E-state index contributed by atoms with van der Waals surface area (Å²) >= 11 is 0. The smallest absolute Gasteiger partial charge is 0.256 e. The quantitative estimate of drug-likeness (QED) is 0.364. The normalized spacial score (nSPS) is 22.0. The number of aromatic amines is 1. The molecule has 0 spiro atoms. The summed E-state index contributed by atoms with van der Waals surface area (Å²) < 4.78 is 14.6. The molecule has 1 fully saturated rings. The average Bonchev–Trinajstić information content (AvgIpc) is 3.36. The summed E-state index contributed by atoms with van der Waals surface area (Å²) in [6.07, 6.45) is 3.56.